The zero-order valence-electron chi connectivity index (χ0n) is 14.4. The van der Waals surface area contributed by atoms with Crippen LogP contribution in [0.4, 0.5) is 5.13 Å². The van der Waals surface area contributed by atoms with E-state index in [0.717, 1.165) is 0 Å². The van der Waals surface area contributed by atoms with Gasteiger partial charge in [0.2, 0.25) is 5.13 Å². The number of halogens is 1. The molecule has 0 saturated heterocycles. The van der Waals surface area contributed by atoms with Crippen molar-refractivity contribution in [2.75, 3.05) is 17.7 Å². The average Bonchev–Trinajstić information content (AvgIpc) is 3.02. The lowest BCUT2D eigenvalue weighted by molar-refractivity contribution is -0.139. The van der Waals surface area contributed by atoms with Crippen LogP contribution in [0.3, 0.4) is 0 Å². The Balaban J connectivity index is 2.04. The summed E-state index contributed by atoms with van der Waals surface area (Å²) in [6, 6.07) is 4.84. The molecule has 1 N–H and O–H groups in total. The Morgan fingerprint density at radius 1 is 1.35 bits per heavy atom. The maximum Gasteiger partial charge on any atom is 0.316 e. The van der Waals surface area contributed by atoms with Crippen LogP contribution in [0.2, 0.25) is 5.02 Å². The molecule has 1 aromatic carbocycles. The van der Waals surface area contributed by atoms with E-state index in [-0.39, 0.29) is 17.8 Å². The Kier molecular flexibility index (Phi) is 7.67. The van der Waals surface area contributed by atoms with E-state index in [4.69, 9.17) is 21.1 Å². The maximum atomic E-state index is 12.5. The minimum absolute atomic E-state index is 0.0878. The molecule has 0 aliphatic heterocycles. The van der Waals surface area contributed by atoms with Crippen LogP contribution in [0, 0.1) is 0 Å². The second-order valence-electron chi connectivity index (χ2n) is 5.23. The van der Waals surface area contributed by atoms with Crippen molar-refractivity contribution in [3.63, 3.8) is 0 Å². The van der Waals surface area contributed by atoms with Crippen molar-refractivity contribution in [1.29, 1.82) is 0 Å². The minimum Gasteiger partial charge on any atom is -0.490 e. The zero-order valence-corrected chi connectivity index (χ0v) is 16.8. The molecule has 0 saturated carbocycles. The van der Waals surface area contributed by atoms with E-state index in [0.29, 0.717) is 32.4 Å². The number of carbonyl (C=O) groups excluding carboxylic acids is 2. The summed E-state index contributed by atoms with van der Waals surface area (Å²) in [6.45, 7) is 5.81. The van der Waals surface area contributed by atoms with Crippen molar-refractivity contribution in [1.82, 2.24) is 10.2 Å². The molecule has 0 aliphatic rings. The molecule has 26 heavy (non-hydrogen) atoms. The molecule has 0 fully saturated rings. The van der Waals surface area contributed by atoms with Crippen LogP contribution in [0.1, 0.15) is 31.1 Å². The number of aromatic nitrogens is 2. The molecular weight excluding hydrogens is 398 g/mol. The molecule has 0 atom stereocenters. The van der Waals surface area contributed by atoms with Crippen LogP contribution in [-0.2, 0) is 9.53 Å². The molecule has 0 unspecified atom stereocenters. The number of carbonyl (C=O) groups is 2. The molecule has 2 rings (SSSR count). The minimum atomic E-state index is -0.402. The molecule has 7 nitrogen and oxygen atoms in total. The number of nitrogens with one attached hydrogen (secondary N) is 1. The van der Waals surface area contributed by atoms with E-state index >= 15 is 0 Å². The van der Waals surface area contributed by atoms with Crippen molar-refractivity contribution < 1.29 is 19.1 Å². The fraction of sp³-hybridized carbons (Fsp3) is 0.375. The molecule has 1 aromatic heterocycles. The van der Waals surface area contributed by atoms with Crippen molar-refractivity contribution in [2.45, 2.75) is 31.2 Å². The third kappa shape index (κ3) is 6.15. The normalized spacial score (nSPS) is 10.7. The van der Waals surface area contributed by atoms with Crippen molar-refractivity contribution in [3.8, 4) is 5.75 Å². The van der Waals surface area contributed by atoms with Gasteiger partial charge in [0.1, 0.15) is 5.75 Å². The van der Waals surface area contributed by atoms with Crippen LogP contribution < -0.4 is 10.1 Å². The fourth-order valence-corrected chi connectivity index (χ4v) is 3.56. The number of hydrogen-bond donors (Lipinski definition) is 1. The van der Waals surface area contributed by atoms with Crippen LogP contribution in [0.15, 0.2) is 22.5 Å². The molecule has 2 aromatic rings. The predicted octanol–water partition coefficient (Wildman–Crippen LogP) is 3.89. The monoisotopic (exact) mass is 415 g/mol. The van der Waals surface area contributed by atoms with E-state index in [1.54, 1.807) is 19.1 Å². The Labute approximate surface area is 164 Å². The highest BCUT2D eigenvalue weighted by Gasteiger charge is 2.17. The molecular formula is C16H18ClN3O4S2. The molecule has 1 heterocycles. The van der Waals surface area contributed by atoms with Crippen LogP contribution in [0.5, 0.6) is 5.75 Å². The maximum absolute atomic E-state index is 12.5. The highest BCUT2D eigenvalue weighted by atomic mass is 35.5. The van der Waals surface area contributed by atoms with Gasteiger partial charge < -0.3 is 9.47 Å². The summed E-state index contributed by atoms with van der Waals surface area (Å²) in [5.41, 5.74) is 0.308. The van der Waals surface area contributed by atoms with Gasteiger partial charge in [0.05, 0.1) is 24.0 Å². The number of thioether (sulfide) groups is 1. The molecule has 0 aliphatic carbocycles. The lowest BCUT2D eigenvalue weighted by Gasteiger charge is -2.13. The summed E-state index contributed by atoms with van der Waals surface area (Å²) in [4.78, 5) is 23.9. The SMILES string of the molecule is CCOC(=O)CSc1nnc(NC(=O)c2cc(Cl)ccc2OC(C)C)s1. The Hall–Kier alpha value is -1.84. The number of hydrogen-bond acceptors (Lipinski definition) is 8. The van der Waals surface area contributed by atoms with Crippen LogP contribution in [-0.4, -0.2) is 40.5 Å². The van der Waals surface area contributed by atoms with Crippen LogP contribution >= 0.6 is 34.7 Å². The fourth-order valence-electron chi connectivity index (χ4n) is 1.84. The highest BCUT2D eigenvalue weighted by Crippen LogP contribution is 2.28. The third-order valence-electron chi connectivity index (χ3n) is 2.79. The number of anilines is 1. The first-order chi connectivity index (χ1) is 12.4. The molecule has 0 spiro atoms. The summed E-state index contributed by atoms with van der Waals surface area (Å²) in [5.74, 6) is -0.158. The van der Waals surface area contributed by atoms with Gasteiger partial charge in [-0.1, -0.05) is 34.7 Å². The number of amides is 1. The first-order valence-corrected chi connectivity index (χ1v) is 9.96. The van der Waals surface area contributed by atoms with E-state index in [2.05, 4.69) is 15.5 Å². The standard InChI is InChI=1S/C16H18ClN3O4S2/c1-4-23-13(21)8-25-16-20-19-15(26-16)18-14(22)11-7-10(17)5-6-12(11)24-9(2)3/h5-7,9H,4,8H2,1-3H3,(H,18,19,22). The first kappa shape index (κ1) is 20.5. The van der Waals surface area contributed by atoms with Gasteiger partial charge in [0.25, 0.3) is 5.91 Å². The van der Waals surface area contributed by atoms with Gasteiger partial charge in [-0.2, -0.15) is 0 Å². The van der Waals surface area contributed by atoms with E-state index in [9.17, 15) is 9.59 Å². The van der Waals surface area contributed by atoms with Gasteiger partial charge in [0, 0.05) is 5.02 Å². The highest BCUT2D eigenvalue weighted by molar-refractivity contribution is 8.01. The Bertz CT molecular complexity index is 783. The molecule has 1 amide bonds. The summed E-state index contributed by atoms with van der Waals surface area (Å²) >= 11 is 8.36. The largest absolute Gasteiger partial charge is 0.490 e. The molecule has 140 valence electrons. The van der Waals surface area contributed by atoms with Crippen molar-refractivity contribution in [2.24, 2.45) is 0 Å². The second kappa shape index (κ2) is 9.75. The third-order valence-corrected chi connectivity index (χ3v) is 4.98. The summed E-state index contributed by atoms with van der Waals surface area (Å²) in [6.07, 6.45) is -0.0878. The van der Waals surface area contributed by atoms with E-state index in [1.807, 2.05) is 13.8 Å². The molecule has 0 bridgehead atoms. The lowest BCUT2D eigenvalue weighted by Crippen LogP contribution is -2.15. The second-order valence-corrected chi connectivity index (χ2v) is 7.86. The number of benzene rings is 1. The van der Waals surface area contributed by atoms with Crippen molar-refractivity contribution >= 4 is 51.7 Å². The zero-order chi connectivity index (χ0) is 19.1. The quantitative estimate of drug-likeness (QED) is 0.397. The number of esters is 1. The van der Waals surface area contributed by atoms with Gasteiger partial charge in [-0.15, -0.1) is 10.2 Å². The van der Waals surface area contributed by atoms with E-state index < -0.39 is 5.91 Å². The van der Waals surface area contributed by atoms with Gasteiger partial charge in [-0.3, -0.25) is 14.9 Å². The summed E-state index contributed by atoms with van der Waals surface area (Å²) in [7, 11) is 0. The lowest BCUT2D eigenvalue weighted by atomic mass is 10.2. The van der Waals surface area contributed by atoms with E-state index in [1.165, 1.54) is 29.2 Å². The Morgan fingerprint density at radius 3 is 2.81 bits per heavy atom. The topological polar surface area (TPSA) is 90.4 Å². The van der Waals surface area contributed by atoms with Gasteiger partial charge in [-0.25, -0.2) is 0 Å². The number of nitrogens with zero attached hydrogens (tertiary/aromatic N) is 2. The summed E-state index contributed by atoms with van der Waals surface area (Å²) < 4.78 is 11.0. The van der Waals surface area contributed by atoms with Gasteiger partial charge in [0.15, 0.2) is 4.34 Å². The molecule has 0 radical (unpaired) electrons. The first-order valence-electron chi connectivity index (χ1n) is 7.78. The van der Waals surface area contributed by atoms with Gasteiger partial charge in [-0.05, 0) is 39.0 Å². The van der Waals surface area contributed by atoms with Gasteiger partial charge >= 0.3 is 5.97 Å². The molecule has 10 heteroatoms. The predicted molar refractivity (Wildman–Crippen MR) is 102 cm³/mol. The smallest absolute Gasteiger partial charge is 0.316 e. The van der Waals surface area contributed by atoms with Crippen molar-refractivity contribution in [3.05, 3.63) is 28.8 Å². The van der Waals surface area contributed by atoms with Crippen LogP contribution in [0.25, 0.3) is 0 Å². The average molecular weight is 416 g/mol. The number of rotatable bonds is 8. The number of ether oxygens (including phenoxy) is 2. The summed E-state index contributed by atoms with van der Waals surface area (Å²) in [5, 5.41) is 11.3. The Morgan fingerprint density at radius 2 is 2.12 bits per heavy atom.